The van der Waals surface area contributed by atoms with E-state index in [1.807, 2.05) is 12.1 Å². The number of hydrogen-bond donors (Lipinski definition) is 1. The van der Waals surface area contributed by atoms with Gasteiger partial charge in [0, 0.05) is 17.8 Å². The molecular weight excluding hydrogens is 324 g/mol. The van der Waals surface area contributed by atoms with Crippen molar-refractivity contribution >= 4 is 23.3 Å². The van der Waals surface area contributed by atoms with Gasteiger partial charge >= 0.3 is 5.97 Å². The first-order chi connectivity index (χ1) is 12.0. The molecule has 1 N–H and O–H groups in total. The summed E-state index contributed by atoms with van der Waals surface area (Å²) in [5, 5.41) is 13.2. The molecule has 2 aromatic carbocycles. The highest BCUT2D eigenvalue weighted by Gasteiger charge is 2.16. The lowest BCUT2D eigenvalue weighted by Crippen LogP contribution is -2.21. The molecule has 0 bridgehead atoms. The molecule has 0 saturated heterocycles. The van der Waals surface area contributed by atoms with Gasteiger partial charge in [-0.05, 0) is 48.6 Å². The first kappa shape index (κ1) is 16.6. The van der Waals surface area contributed by atoms with Crippen LogP contribution in [0.5, 0.6) is 0 Å². The minimum Gasteiger partial charge on any atom is -0.452 e. The molecule has 0 aliphatic heterocycles. The molecule has 7 heteroatoms. The van der Waals surface area contributed by atoms with Gasteiger partial charge in [-0.25, -0.2) is 4.79 Å². The zero-order chi connectivity index (χ0) is 17.8. The number of nitrogens with zero attached hydrogens (tertiary/aromatic N) is 1. The summed E-state index contributed by atoms with van der Waals surface area (Å²) >= 11 is 0. The Kier molecular flexibility index (Phi) is 4.74. The molecule has 0 radical (unpaired) electrons. The van der Waals surface area contributed by atoms with Crippen LogP contribution < -0.4 is 5.32 Å². The summed E-state index contributed by atoms with van der Waals surface area (Å²) in [6, 6.07) is 11.0. The molecule has 0 unspecified atom stereocenters. The highest BCUT2D eigenvalue weighted by molar-refractivity contribution is 5.95. The fourth-order valence-electron chi connectivity index (χ4n) is 2.81. The number of carbonyl (C=O) groups excluding carboxylic acids is 2. The van der Waals surface area contributed by atoms with Crippen molar-refractivity contribution in [3.8, 4) is 0 Å². The van der Waals surface area contributed by atoms with Gasteiger partial charge < -0.3 is 10.1 Å². The van der Waals surface area contributed by atoms with Gasteiger partial charge in [0.15, 0.2) is 6.61 Å². The molecule has 128 valence electrons. The van der Waals surface area contributed by atoms with E-state index in [2.05, 4.69) is 5.32 Å². The fourth-order valence-corrected chi connectivity index (χ4v) is 2.81. The normalized spacial score (nSPS) is 12.3. The van der Waals surface area contributed by atoms with Crippen LogP contribution in [0.15, 0.2) is 42.5 Å². The highest BCUT2D eigenvalue weighted by Crippen LogP contribution is 2.23. The minimum atomic E-state index is -0.566. The summed E-state index contributed by atoms with van der Waals surface area (Å²) in [7, 11) is 0. The summed E-state index contributed by atoms with van der Waals surface area (Å²) in [6.07, 6.45) is 3.06. The Labute approximate surface area is 143 Å². The van der Waals surface area contributed by atoms with E-state index in [1.54, 1.807) is 6.07 Å². The Morgan fingerprint density at radius 2 is 1.92 bits per heavy atom. The Morgan fingerprint density at radius 1 is 1.12 bits per heavy atom. The third-order valence-electron chi connectivity index (χ3n) is 4.01. The van der Waals surface area contributed by atoms with Gasteiger partial charge in [-0.3, -0.25) is 14.9 Å². The molecule has 2 aromatic rings. The van der Waals surface area contributed by atoms with E-state index < -0.39 is 23.4 Å². The van der Waals surface area contributed by atoms with Crippen molar-refractivity contribution in [1.29, 1.82) is 0 Å². The standard InChI is InChI=1S/C18H16N2O5/c21-17(19-15-5-2-6-16(10-15)20(23)24)11-25-18(22)14-8-7-12-3-1-4-13(12)9-14/h2,5-10H,1,3-4,11H2,(H,19,21). The molecule has 1 aliphatic rings. The quantitative estimate of drug-likeness (QED) is 0.512. The largest absolute Gasteiger partial charge is 0.452 e. The van der Waals surface area contributed by atoms with E-state index in [0.29, 0.717) is 5.56 Å². The summed E-state index contributed by atoms with van der Waals surface area (Å²) in [4.78, 5) is 34.1. The Morgan fingerprint density at radius 3 is 2.72 bits per heavy atom. The van der Waals surface area contributed by atoms with Crippen molar-refractivity contribution < 1.29 is 19.2 Å². The molecule has 0 atom stereocenters. The molecule has 7 nitrogen and oxygen atoms in total. The Hall–Kier alpha value is -3.22. The number of carbonyl (C=O) groups is 2. The van der Waals surface area contributed by atoms with Gasteiger partial charge in [-0.15, -0.1) is 0 Å². The van der Waals surface area contributed by atoms with Crippen LogP contribution in [0.2, 0.25) is 0 Å². The lowest BCUT2D eigenvalue weighted by molar-refractivity contribution is -0.384. The summed E-state index contributed by atoms with van der Waals surface area (Å²) in [6.45, 7) is -0.460. The van der Waals surface area contributed by atoms with Gasteiger partial charge in [0.2, 0.25) is 0 Å². The zero-order valence-corrected chi connectivity index (χ0v) is 13.4. The monoisotopic (exact) mass is 340 g/mol. The summed E-state index contributed by atoms with van der Waals surface area (Å²) < 4.78 is 5.01. The SMILES string of the molecule is O=C(COC(=O)c1ccc2c(c1)CCC2)Nc1cccc([N+](=O)[O-])c1. The van der Waals surface area contributed by atoms with Gasteiger partial charge in [-0.1, -0.05) is 12.1 Å². The zero-order valence-electron chi connectivity index (χ0n) is 13.4. The topological polar surface area (TPSA) is 98.5 Å². The van der Waals surface area contributed by atoms with E-state index in [-0.39, 0.29) is 11.4 Å². The molecule has 1 amide bonds. The highest BCUT2D eigenvalue weighted by atomic mass is 16.6. The number of fused-ring (bicyclic) bond motifs is 1. The van der Waals surface area contributed by atoms with Crippen molar-refractivity contribution in [3.05, 3.63) is 69.3 Å². The van der Waals surface area contributed by atoms with Crippen LogP contribution in [0, 0.1) is 10.1 Å². The molecule has 0 fully saturated rings. The number of nitrogens with one attached hydrogen (secondary N) is 1. The average molecular weight is 340 g/mol. The predicted molar refractivity (Wildman–Crippen MR) is 90.5 cm³/mol. The second-order valence-corrected chi connectivity index (χ2v) is 5.77. The summed E-state index contributed by atoms with van der Waals surface area (Å²) in [5.74, 6) is -1.13. The molecule has 0 aromatic heterocycles. The number of aryl methyl sites for hydroxylation is 2. The smallest absolute Gasteiger partial charge is 0.338 e. The number of rotatable bonds is 5. The Bertz CT molecular complexity index is 847. The second kappa shape index (κ2) is 7.12. The van der Waals surface area contributed by atoms with Crippen LogP contribution in [0.25, 0.3) is 0 Å². The van der Waals surface area contributed by atoms with Crippen LogP contribution in [-0.2, 0) is 22.4 Å². The number of amides is 1. The van der Waals surface area contributed by atoms with Crippen molar-refractivity contribution in [1.82, 2.24) is 0 Å². The summed E-state index contributed by atoms with van der Waals surface area (Å²) in [5.41, 5.74) is 2.96. The number of non-ortho nitro benzene ring substituents is 1. The maximum absolute atomic E-state index is 12.1. The van der Waals surface area contributed by atoms with Crippen LogP contribution in [0.4, 0.5) is 11.4 Å². The van der Waals surface area contributed by atoms with Crippen LogP contribution in [0.3, 0.4) is 0 Å². The van der Waals surface area contributed by atoms with E-state index in [4.69, 9.17) is 4.74 Å². The first-order valence-electron chi connectivity index (χ1n) is 7.86. The van der Waals surface area contributed by atoms with Gasteiger partial charge in [0.05, 0.1) is 10.5 Å². The van der Waals surface area contributed by atoms with Gasteiger partial charge in [-0.2, -0.15) is 0 Å². The van der Waals surface area contributed by atoms with E-state index in [1.165, 1.54) is 29.8 Å². The van der Waals surface area contributed by atoms with Crippen LogP contribution in [0.1, 0.15) is 27.9 Å². The third-order valence-corrected chi connectivity index (χ3v) is 4.01. The number of anilines is 1. The average Bonchev–Trinajstić information content (AvgIpc) is 3.07. The van der Waals surface area contributed by atoms with Crippen molar-refractivity contribution in [2.45, 2.75) is 19.3 Å². The minimum absolute atomic E-state index is 0.132. The molecule has 0 heterocycles. The molecular formula is C18H16N2O5. The molecule has 0 saturated carbocycles. The van der Waals surface area contributed by atoms with E-state index in [0.717, 1.165) is 24.8 Å². The number of benzene rings is 2. The first-order valence-corrected chi connectivity index (χ1v) is 7.86. The number of nitro groups is 1. The Balaban J connectivity index is 1.56. The third kappa shape index (κ3) is 4.00. The maximum Gasteiger partial charge on any atom is 0.338 e. The molecule has 3 rings (SSSR count). The number of hydrogen-bond acceptors (Lipinski definition) is 5. The lowest BCUT2D eigenvalue weighted by atomic mass is 10.1. The van der Waals surface area contributed by atoms with E-state index in [9.17, 15) is 19.7 Å². The number of ether oxygens (including phenoxy) is 1. The number of esters is 1. The maximum atomic E-state index is 12.1. The molecule has 0 spiro atoms. The van der Waals surface area contributed by atoms with Gasteiger partial charge in [0.25, 0.3) is 11.6 Å². The predicted octanol–water partition coefficient (Wildman–Crippen LogP) is 2.88. The van der Waals surface area contributed by atoms with Crippen molar-refractivity contribution in [2.75, 3.05) is 11.9 Å². The second-order valence-electron chi connectivity index (χ2n) is 5.77. The van der Waals surface area contributed by atoms with E-state index >= 15 is 0 Å². The van der Waals surface area contributed by atoms with Crippen molar-refractivity contribution in [2.24, 2.45) is 0 Å². The number of nitro benzene ring substituents is 1. The van der Waals surface area contributed by atoms with Crippen LogP contribution in [-0.4, -0.2) is 23.4 Å². The van der Waals surface area contributed by atoms with Gasteiger partial charge in [0.1, 0.15) is 0 Å². The van der Waals surface area contributed by atoms with Crippen LogP contribution >= 0.6 is 0 Å². The fraction of sp³-hybridized carbons (Fsp3) is 0.222. The van der Waals surface area contributed by atoms with Crippen molar-refractivity contribution in [3.63, 3.8) is 0 Å². The molecule has 25 heavy (non-hydrogen) atoms. The molecule has 1 aliphatic carbocycles. The lowest BCUT2D eigenvalue weighted by Gasteiger charge is -2.07.